The molecular formula is C28H17N2NaO5S. The van der Waals surface area contributed by atoms with Crippen LogP contribution in [0.1, 0.15) is 31.8 Å². The third-order valence-corrected chi connectivity index (χ3v) is 7.38. The van der Waals surface area contributed by atoms with E-state index < -0.39 is 32.3 Å². The number of hydrogen-bond acceptors (Lipinski definition) is 7. The summed E-state index contributed by atoms with van der Waals surface area (Å²) < 4.78 is 36.3. The van der Waals surface area contributed by atoms with Crippen LogP contribution in [0.15, 0.2) is 89.8 Å². The summed E-state index contributed by atoms with van der Waals surface area (Å²) >= 11 is 0. The minimum absolute atomic E-state index is 0. The Morgan fingerprint density at radius 3 is 1.86 bits per heavy atom. The smallest absolute Gasteiger partial charge is 0.744 e. The molecule has 0 aliphatic heterocycles. The minimum Gasteiger partial charge on any atom is -0.744 e. The molecule has 0 amide bonds. The molecule has 6 rings (SSSR count). The van der Waals surface area contributed by atoms with Crippen molar-refractivity contribution in [1.29, 1.82) is 0 Å². The van der Waals surface area contributed by atoms with E-state index in [9.17, 15) is 22.6 Å². The molecule has 3 N–H and O–H groups in total. The second-order valence-corrected chi connectivity index (χ2v) is 9.91. The summed E-state index contributed by atoms with van der Waals surface area (Å²) in [7, 11) is -5.06. The van der Waals surface area contributed by atoms with Gasteiger partial charge in [-0.2, -0.15) is 0 Å². The molecule has 0 atom stereocenters. The summed E-state index contributed by atoms with van der Waals surface area (Å²) in [6, 6.07) is 24.5. The molecule has 37 heavy (non-hydrogen) atoms. The Kier molecular flexibility index (Phi) is 6.18. The van der Waals surface area contributed by atoms with Crippen LogP contribution in [0.5, 0.6) is 0 Å². The standard InChI is InChI=1S/C28H18N2O5S.Na/c29-26-23(36(33,34)35)14-22(24-25(26)28(32)20-12-6-5-11-19(20)27(24)31)30-21-13-15-7-1-2-8-16(15)17-9-3-4-10-18(17)21;/h1-14,30H,29H2,(H,33,34,35);/q;+1/p-1. The van der Waals surface area contributed by atoms with Gasteiger partial charge in [0.25, 0.3) is 0 Å². The van der Waals surface area contributed by atoms with Crippen molar-refractivity contribution in [1.82, 2.24) is 0 Å². The summed E-state index contributed by atoms with van der Waals surface area (Å²) in [4.78, 5) is 26.2. The third kappa shape index (κ3) is 3.94. The van der Waals surface area contributed by atoms with Crippen molar-refractivity contribution in [3.63, 3.8) is 0 Å². The second kappa shape index (κ2) is 9.09. The third-order valence-electron chi connectivity index (χ3n) is 6.51. The number of anilines is 3. The van der Waals surface area contributed by atoms with Crippen LogP contribution in [0.4, 0.5) is 17.1 Å². The normalized spacial score (nSPS) is 12.7. The van der Waals surface area contributed by atoms with E-state index in [-0.39, 0.29) is 57.5 Å². The van der Waals surface area contributed by atoms with E-state index in [4.69, 9.17) is 5.73 Å². The molecule has 176 valence electrons. The fraction of sp³-hybridized carbons (Fsp3) is 0. The van der Waals surface area contributed by atoms with E-state index in [0.29, 0.717) is 5.69 Å². The van der Waals surface area contributed by atoms with Gasteiger partial charge in [0.15, 0.2) is 11.6 Å². The first-order valence-electron chi connectivity index (χ1n) is 11.0. The van der Waals surface area contributed by atoms with Crippen molar-refractivity contribution in [2.45, 2.75) is 4.90 Å². The molecule has 5 aromatic rings. The Bertz CT molecular complexity index is 1900. The van der Waals surface area contributed by atoms with E-state index in [1.165, 1.54) is 12.1 Å². The van der Waals surface area contributed by atoms with Crippen molar-refractivity contribution in [3.05, 3.63) is 107 Å². The molecule has 1 aliphatic rings. The zero-order chi connectivity index (χ0) is 25.2. The molecule has 0 radical (unpaired) electrons. The fourth-order valence-corrected chi connectivity index (χ4v) is 5.54. The quantitative estimate of drug-likeness (QED) is 0.159. The van der Waals surface area contributed by atoms with Crippen LogP contribution in [0.2, 0.25) is 0 Å². The van der Waals surface area contributed by atoms with Gasteiger partial charge >= 0.3 is 29.6 Å². The van der Waals surface area contributed by atoms with Gasteiger partial charge in [-0.3, -0.25) is 9.59 Å². The Morgan fingerprint density at radius 2 is 1.22 bits per heavy atom. The van der Waals surface area contributed by atoms with Crippen LogP contribution in [-0.2, 0) is 10.1 Å². The summed E-state index contributed by atoms with van der Waals surface area (Å²) in [5.41, 5.74) is 6.03. The van der Waals surface area contributed by atoms with Gasteiger partial charge in [0.2, 0.25) is 0 Å². The predicted octanol–water partition coefficient (Wildman–Crippen LogP) is 2.00. The number of ketones is 2. The number of nitrogen functional groups attached to an aromatic ring is 1. The average Bonchev–Trinajstić information content (AvgIpc) is 2.87. The number of rotatable bonds is 3. The zero-order valence-electron chi connectivity index (χ0n) is 19.6. The van der Waals surface area contributed by atoms with Gasteiger partial charge in [0, 0.05) is 22.2 Å². The van der Waals surface area contributed by atoms with Crippen molar-refractivity contribution in [2.24, 2.45) is 0 Å². The fourth-order valence-electron chi connectivity index (χ4n) is 4.90. The molecule has 9 heteroatoms. The molecule has 1 aliphatic carbocycles. The van der Waals surface area contributed by atoms with Crippen molar-refractivity contribution >= 4 is 60.3 Å². The monoisotopic (exact) mass is 516 g/mol. The largest absolute Gasteiger partial charge is 1.00 e. The van der Waals surface area contributed by atoms with Gasteiger partial charge in [-0.25, -0.2) is 8.42 Å². The van der Waals surface area contributed by atoms with Crippen molar-refractivity contribution in [2.75, 3.05) is 11.1 Å². The van der Waals surface area contributed by atoms with E-state index >= 15 is 0 Å². The molecule has 0 aromatic heterocycles. The van der Waals surface area contributed by atoms with Crippen LogP contribution in [0.25, 0.3) is 21.5 Å². The molecule has 0 spiro atoms. The molecule has 0 saturated carbocycles. The van der Waals surface area contributed by atoms with Gasteiger partial charge in [-0.05, 0) is 28.3 Å². The SMILES string of the molecule is Nc1c(S(=O)(=O)[O-])cc(Nc2cc3ccccc3c3ccccc23)c2c1C(=O)c1ccccc1C2=O.[Na+]. The molecular weight excluding hydrogens is 499 g/mol. The first-order valence-corrected chi connectivity index (χ1v) is 12.4. The van der Waals surface area contributed by atoms with E-state index in [1.54, 1.807) is 12.1 Å². The topological polar surface area (TPSA) is 129 Å². The van der Waals surface area contributed by atoms with Gasteiger partial charge < -0.3 is 15.6 Å². The zero-order valence-corrected chi connectivity index (χ0v) is 22.4. The summed E-state index contributed by atoms with van der Waals surface area (Å²) in [5.74, 6) is -1.11. The first kappa shape index (κ1) is 25.1. The van der Waals surface area contributed by atoms with Crippen LogP contribution in [0.3, 0.4) is 0 Å². The predicted molar refractivity (Wildman–Crippen MR) is 137 cm³/mol. The number of fused-ring (bicyclic) bond motifs is 5. The summed E-state index contributed by atoms with van der Waals surface area (Å²) in [6.45, 7) is 0. The Hall–Kier alpha value is -3.53. The Labute approximate surface area is 234 Å². The molecule has 0 saturated heterocycles. The number of nitrogens with two attached hydrogens (primary N) is 1. The number of carbonyl (C=O) groups is 2. The second-order valence-electron chi connectivity index (χ2n) is 8.56. The van der Waals surface area contributed by atoms with Crippen LogP contribution < -0.4 is 40.6 Å². The van der Waals surface area contributed by atoms with Gasteiger partial charge in [-0.15, -0.1) is 0 Å². The number of carbonyl (C=O) groups excluding carboxylic acids is 2. The number of benzene rings is 5. The molecule has 5 aromatic carbocycles. The van der Waals surface area contributed by atoms with E-state index in [1.807, 2.05) is 54.6 Å². The molecule has 7 nitrogen and oxygen atoms in total. The Balaban J connectivity index is 0.00000280. The van der Waals surface area contributed by atoms with Crippen molar-refractivity contribution < 1.29 is 52.1 Å². The molecule has 0 heterocycles. The maximum absolute atomic E-state index is 13.6. The minimum atomic E-state index is -5.06. The van der Waals surface area contributed by atoms with Crippen molar-refractivity contribution in [3.8, 4) is 0 Å². The Morgan fingerprint density at radius 1 is 0.676 bits per heavy atom. The van der Waals surface area contributed by atoms with Gasteiger partial charge in [-0.1, -0.05) is 72.8 Å². The number of hydrogen-bond donors (Lipinski definition) is 2. The van der Waals surface area contributed by atoms with Gasteiger partial charge in [0.1, 0.15) is 10.1 Å². The molecule has 0 unspecified atom stereocenters. The maximum atomic E-state index is 13.6. The van der Waals surface area contributed by atoms with E-state index in [2.05, 4.69) is 5.32 Å². The first-order chi connectivity index (χ1) is 17.3. The van der Waals surface area contributed by atoms with Crippen LogP contribution in [-0.4, -0.2) is 24.5 Å². The summed E-state index contributed by atoms with van der Waals surface area (Å²) in [6.07, 6.45) is 0. The van der Waals surface area contributed by atoms with Gasteiger partial charge in [0.05, 0.1) is 27.4 Å². The van der Waals surface area contributed by atoms with E-state index in [0.717, 1.165) is 27.6 Å². The molecule has 0 fully saturated rings. The number of nitrogens with one attached hydrogen (secondary N) is 1. The molecule has 0 bridgehead atoms. The van der Waals surface area contributed by atoms with Crippen LogP contribution >= 0.6 is 0 Å². The average molecular weight is 517 g/mol. The van der Waals surface area contributed by atoms with Crippen LogP contribution in [0, 0.1) is 0 Å². The summed E-state index contributed by atoms with van der Waals surface area (Å²) in [5, 5.41) is 6.83. The maximum Gasteiger partial charge on any atom is 1.00 e.